The van der Waals surface area contributed by atoms with Crippen molar-refractivity contribution in [3.63, 3.8) is 0 Å². The summed E-state index contributed by atoms with van der Waals surface area (Å²) in [7, 11) is 0. The van der Waals surface area contributed by atoms with Crippen LogP contribution in [0.25, 0.3) is 0 Å². The average molecular weight is 288 g/mol. The lowest BCUT2D eigenvalue weighted by molar-refractivity contribution is 0.0145. The molecule has 2 N–H and O–H groups in total. The molecule has 4 aliphatic rings. The molecule has 6 atom stereocenters. The fourth-order valence-corrected chi connectivity index (χ4v) is 5.92. The summed E-state index contributed by atoms with van der Waals surface area (Å²) >= 11 is 0. The molecule has 0 amide bonds. The van der Waals surface area contributed by atoms with Crippen LogP contribution in [0, 0.1) is 22.7 Å². The summed E-state index contributed by atoms with van der Waals surface area (Å²) in [6.07, 6.45) is 11.9. The molecule has 0 radical (unpaired) electrons. The summed E-state index contributed by atoms with van der Waals surface area (Å²) in [4.78, 5) is 0. The molecule has 0 spiro atoms. The molecule has 0 aliphatic heterocycles. The predicted molar refractivity (Wildman–Crippen MR) is 83.7 cm³/mol. The van der Waals surface area contributed by atoms with Crippen molar-refractivity contribution in [3.8, 4) is 0 Å². The van der Waals surface area contributed by atoms with Gasteiger partial charge in [0.2, 0.25) is 0 Å². The van der Waals surface area contributed by atoms with Crippen molar-refractivity contribution in [3.05, 3.63) is 23.3 Å². The van der Waals surface area contributed by atoms with Crippen LogP contribution in [0.1, 0.15) is 58.8 Å². The van der Waals surface area contributed by atoms with Crippen LogP contribution in [0.5, 0.6) is 0 Å². The topological polar surface area (TPSA) is 40.5 Å². The lowest BCUT2D eigenvalue weighted by Gasteiger charge is -2.53. The third-order valence-corrected chi connectivity index (χ3v) is 7.40. The SMILES string of the molecule is C[C@]12CC[C@H](O)CC1=CC[C@@H]1C2=CC[C@]2(C)[C@@H](O)CC[C@@H]12. The zero-order valence-electron chi connectivity index (χ0n) is 13.3. The monoisotopic (exact) mass is 288 g/mol. The second-order valence-electron chi connectivity index (χ2n) is 8.37. The van der Waals surface area contributed by atoms with Crippen LogP contribution in [0.4, 0.5) is 0 Å². The summed E-state index contributed by atoms with van der Waals surface area (Å²) in [5.74, 6) is 1.28. The summed E-state index contributed by atoms with van der Waals surface area (Å²) in [6.45, 7) is 4.70. The van der Waals surface area contributed by atoms with E-state index in [2.05, 4.69) is 26.0 Å². The molecule has 4 aliphatic carbocycles. The van der Waals surface area contributed by atoms with Crippen LogP contribution in [0.3, 0.4) is 0 Å². The molecule has 0 heterocycles. The first kappa shape index (κ1) is 14.0. The fraction of sp³-hybridized carbons (Fsp3) is 0.789. The minimum absolute atomic E-state index is 0.101. The van der Waals surface area contributed by atoms with Gasteiger partial charge in [0.25, 0.3) is 0 Å². The first-order valence-electron chi connectivity index (χ1n) is 8.71. The molecule has 0 aromatic rings. The van der Waals surface area contributed by atoms with Gasteiger partial charge in [0.05, 0.1) is 12.2 Å². The zero-order valence-corrected chi connectivity index (χ0v) is 13.3. The summed E-state index contributed by atoms with van der Waals surface area (Å²) < 4.78 is 0. The number of fused-ring (bicyclic) bond motifs is 5. The maximum absolute atomic E-state index is 10.4. The Morgan fingerprint density at radius 3 is 2.71 bits per heavy atom. The number of hydrogen-bond acceptors (Lipinski definition) is 2. The van der Waals surface area contributed by atoms with Gasteiger partial charge in [0.1, 0.15) is 0 Å². The second kappa shape index (κ2) is 4.45. The van der Waals surface area contributed by atoms with Crippen LogP contribution < -0.4 is 0 Å². The molecule has 4 rings (SSSR count). The van der Waals surface area contributed by atoms with E-state index >= 15 is 0 Å². The molecule has 0 bridgehead atoms. The number of allylic oxidation sites excluding steroid dienone is 3. The van der Waals surface area contributed by atoms with Gasteiger partial charge in [-0.15, -0.1) is 0 Å². The summed E-state index contributed by atoms with van der Waals surface area (Å²) in [5, 5.41) is 20.4. The Morgan fingerprint density at radius 2 is 1.90 bits per heavy atom. The quantitative estimate of drug-likeness (QED) is 0.669. The highest BCUT2D eigenvalue weighted by Gasteiger charge is 2.55. The van der Waals surface area contributed by atoms with E-state index in [0.717, 1.165) is 38.5 Å². The first-order chi connectivity index (χ1) is 9.95. The number of aliphatic hydroxyl groups is 2. The van der Waals surface area contributed by atoms with Gasteiger partial charge in [0, 0.05) is 10.8 Å². The maximum Gasteiger partial charge on any atom is 0.0599 e. The van der Waals surface area contributed by atoms with Crippen molar-refractivity contribution in [1.82, 2.24) is 0 Å². The molecule has 0 unspecified atom stereocenters. The number of rotatable bonds is 0. The Balaban J connectivity index is 1.74. The third-order valence-electron chi connectivity index (χ3n) is 7.40. The Morgan fingerprint density at radius 1 is 1.10 bits per heavy atom. The summed E-state index contributed by atoms with van der Waals surface area (Å²) in [5.41, 5.74) is 3.41. The van der Waals surface area contributed by atoms with Crippen LogP contribution in [0.15, 0.2) is 23.3 Å². The molecular formula is C19H28O2. The lowest BCUT2D eigenvalue weighted by Crippen LogP contribution is -2.45. The van der Waals surface area contributed by atoms with Gasteiger partial charge in [-0.05, 0) is 56.8 Å². The molecule has 21 heavy (non-hydrogen) atoms. The van der Waals surface area contributed by atoms with E-state index in [4.69, 9.17) is 0 Å². The average Bonchev–Trinajstić information content (AvgIpc) is 2.76. The van der Waals surface area contributed by atoms with Gasteiger partial charge in [-0.2, -0.15) is 0 Å². The normalized spacial score (nSPS) is 52.4. The van der Waals surface area contributed by atoms with Gasteiger partial charge < -0.3 is 10.2 Å². The van der Waals surface area contributed by atoms with Gasteiger partial charge in [-0.25, -0.2) is 0 Å². The molecule has 2 heteroatoms. The Kier molecular flexibility index (Phi) is 2.97. The lowest BCUT2D eigenvalue weighted by atomic mass is 9.52. The number of hydrogen-bond donors (Lipinski definition) is 2. The highest BCUT2D eigenvalue weighted by Crippen LogP contribution is 2.62. The van der Waals surface area contributed by atoms with Crippen molar-refractivity contribution < 1.29 is 10.2 Å². The largest absolute Gasteiger partial charge is 0.393 e. The van der Waals surface area contributed by atoms with E-state index in [1.807, 2.05) is 0 Å². The van der Waals surface area contributed by atoms with E-state index in [0.29, 0.717) is 11.8 Å². The molecule has 0 aromatic heterocycles. The van der Waals surface area contributed by atoms with E-state index in [9.17, 15) is 10.2 Å². The molecule has 0 saturated heterocycles. The molecular weight excluding hydrogens is 260 g/mol. The van der Waals surface area contributed by atoms with Crippen LogP contribution in [0.2, 0.25) is 0 Å². The summed E-state index contributed by atoms with van der Waals surface area (Å²) in [6, 6.07) is 0. The second-order valence-corrected chi connectivity index (χ2v) is 8.37. The van der Waals surface area contributed by atoms with Crippen molar-refractivity contribution in [2.24, 2.45) is 22.7 Å². The highest BCUT2D eigenvalue weighted by atomic mass is 16.3. The first-order valence-corrected chi connectivity index (χ1v) is 8.71. The van der Waals surface area contributed by atoms with Crippen LogP contribution in [-0.4, -0.2) is 22.4 Å². The van der Waals surface area contributed by atoms with Crippen molar-refractivity contribution in [2.45, 2.75) is 71.0 Å². The van der Waals surface area contributed by atoms with Crippen LogP contribution in [-0.2, 0) is 0 Å². The maximum atomic E-state index is 10.4. The minimum Gasteiger partial charge on any atom is -0.393 e. The fourth-order valence-electron chi connectivity index (χ4n) is 5.92. The van der Waals surface area contributed by atoms with Crippen molar-refractivity contribution >= 4 is 0 Å². The van der Waals surface area contributed by atoms with Crippen molar-refractivity contribution in [1.29, 1.82) is 0 Å². The van der Waals surface area contributed by atoms with Crippen molar-refractivity contribution in [2.75, 3.05) is 0 Å². The van der Waals surface area contributed by atoms with Gasteiger partial charge >= 0.3 is 0 Å². The third kappa shape index (κ3) is 1.78. The number of aliphatic hydroxyl groups excluding tert-OH is 2. The standard InChI is InChI=1S/C19H28O2/c1-18-9-7-13(20)11-12(18)3-4-14-15-5-6-17(21)19(15,2)10-8-16(14)18/h3,8,13-15,17,20-21H,4-7,9-11H2,1-2H3/t13-,14-,15-,17-,18-,19-/m0/s1. The van der Waals surface area contributed by atoms with E-state index in [1.165, 1.54) is 12.0 Å². The Labute approximate surface area is 127 Å². The molecule has 2 nitrogen and oxygen atoms in total. The van der Waals surface area contributed by atoms with Gasteiger partial charge in [-0.3, -0.25) is 0 Å². The van der Waals surface area contributed by atoms with E-state index in [1.54, 1.807) is 5.57 Å². The predicted octanol–water partition coefficient (Wildman–Crippen LogP) is 3.59. The molecule has 116 valence electrons. The van der Waals surface area contributed by atoms with Crippen LogP contribution >= 0.6 is 0 Å². The minimum atomic E-state index is -0.136. The zero-order chi connectivity index (χ0) is 14.8. The Bertz CT molecular complexity index is 520. The van der Waals surface area contributed by atoms with E-state index in [-0.39, 0.29) is 23.0 Å². The Hall–Kier alpha value is -0.600. The van der Waals surface area contributed by atoms with E-state index < -0.39 is 0 Å². The molecule has 0 aromatic carbocycles. The van der Waals surface area contributed by atoms with Gasteiger partial charge in [0.15, 0.2) is 0 Å². The highest BCUT2D eigenvalue weighted by molar-refractivity contribution is 5.39. The smallest absolute Gasteiger partial charge is 0.0599 e. The molecule has 2 saturated carbocycles. The molecule has 2 fully saturated rings. The van der Waals surface area contributed by atoms with Gasteiger partial charge in [-0.1, -0.05) is 37.1 Å².